The molecule has 104 valence electrons. The number of hydrogen-bond acceptors (Lipinski definition) is 3. The number of thiocarbonyl (C=S) groups is 1. The molecule has 4 heteroatoms. The molecule has 1 aromatic carbocycles. The van der Waals surface area contributed by atoms with Crippen molar-refractivity contribution in [3.63, 3.8) is 0 Å². The Kier molecular flexibility index (Phi) is 5.11. The van der Waals surface area contributed by atoms with E-state index in [1.807, 2.05) is 0 Å². The normalized spacial score (nSPS) is 15.7. The molecule has 0 unspecified atom stereocenters. The standard InChI is InChI=1S/C15H22N2S2/c1-3-17(11-7-4-5-8-11)12-9-6-10-13(19-2)14(12)15(16)18/h6,9-11H,3-5,7-8H2,1-2H3,(H2,16,18). The van der Waals surface area contributed by atoms with Crippen LogP contribution in [-0.2, 0) is 0 Å². The molecule has 0 spiro atoms. The van der Waals surface area contributed by atoms with Crippen LogP contribution in [0.3, 0.4) is 0 Å². The molecular formula is C15H22N2S2. The highest BCUT2D eigenvalue weighted by Crippen LogP contribution is 2.34. The quantitative estimate of drug-likeness (QED) is 0.660. The fraction of sp³-hybridized carbons (Fsp3) is 0.533. The zero-order valence-corrected chi connectivity index (χ0v) is 13.3. The Morgan fingerprint density at radius 2 is 2.11 bits per heavy atom. The number of thioether (sulfide) groups is 1. The van der Waals surface area contributed by atoms with Crippen molar-refractivity contribution in [2.24, 2.45) is 5.73 Å². The molecule has 0 radical (unpaired) electrons. The van der Waals surface area contributed by atoms with Gasteiger partial charge in [-0.2, -0.15) is 0 Å². The minimum atomic E-state index is 0.511. The Labute approximate surface area is 125 Å². The van der Waals surface area contributed by atoms with Gasteiger partial charge in [0.1, 0.15) is 4.99 Å². The van der Waals surface area contributed by atoms with Gasteiger partial charge >= 0.3 is 0 Å². The maximum Gasteiger partial charge on any atom is 0.107 e. The molecule has 19 heavy (non-hydrogen) atoms. The van der Waals surface area contributed by atoms with E-state index in [0.29, 0.717) is 11.0 Å². The minimum Gasteiger partial charge on any atom is -0.389 e. The van der Waals surface area contributed by atoms with Crippen LogP contribution in [0.15, 0.2) is 23.1 Å². The zero-order chi connectivity index (χ0) is 13.8. The van der Waals surface area contributed by atoms with Gasteiger partial charge in [-0.1, -0.05) is 31.1 Å². The van der Waals surface area contributed by atoms with E-state index in [9.17, 15) is 0 Å². The van der Waals surface area contributed by atoms with Crippen LogP contribution in [0.4, 0.5) is 5.69 Å². The van der Waals surface area contributed by atoms with Crippen LogP contribution in [-0.4, -0.2) is 23.8 Å². The third-order valence-electron chi connectivity index (χ3n) is 3.89. The highest BCUT2D eigenvalue weighted by molar-refractivity contribution is 7.98. The van der Waals surface area contributed by atoms with Crippen LogP contribution in [0.5, 0.6) is 0 Å². The van der Waals surface area contributed by atoms with Gasteiger partial charge in [-0.05, 0) is 38.2 Å². The largest absolute Gasteiger partial charge is 0.389 e. The number of rotatable bonds is 5. The van der Waals surface area contributed by atoms with Gasteiger partial charge in [0, 0.05) is 28.7 Å². The Hall–Kier alpha value is -0.740. The predicted octanol–water partition coefficient (Wildman–Crippen LogP) is 3.81. The molecule has 1 aliphatic carbocycles. The first-order chi connectivity index (χ1) is 9.19. The minimum absolute atomic E-state index is 0.511. The molecule has 0 bridgehead atoms. The number of anilines is 1. The summed E-state index contributed by atoms with van der Waals surface area (Å²) in [5.74, 6) is 0. The maximum atomic E-state index is 5.97. The van der Waals surface area contributed by atoms with Crippen molar-refractivity contribution in [2.45, 2.75) is 43.5 Å². The summed E-state index contributed by atoms with van der Waals surface area (Å²) in [6.07, 6.45) is 7.33. The Morgan fingerprint density at radius 1 is 1.42 bits per heavy atom. The van der Waals surface area contributed by atoms with Crippen LogP contribution in [0.2, 0.25) is 0 Å². The molecule has 1 saturated carbocycles. The van der Waals surface area contributed by atoms with Gasteiger partial charge in [-0.3, -0.25) is 0 Å². The molecule has 2 rings (SSSR count). The van der Waals surface area contributed by atoms with Crippen molar-refractivity contribution >= 4 is 34.7 Å². The number of nitrogens with zero attached hydrogens (tertiary/aromatic N) is 1. The molecule has 0 aromatic heterocycles. The number of nitrogens with two attached hydrogens (primary N) is 1. The van der Waals surface area contributed by atoms with Crippen LogP contribution in [0, 0.1) is 0 Å². The van der Waals surface area contributed by atoms with E-state index in [0.717, 1.165) is 12.1 Å². The first-order valence-electron chi connectivity index (χ1n) is 6.92. The third kappa shape index (κ3) is 3.06. The Balaban J connectivity index is 2.43. The lowest BCUT2D eigenvalue weighted by Crippen LogP contribution is -2.34. The highest BCUT2D eigenvalue weighted by atomic mass is 32.2. The SMILES string of the molecule is CCN(c1cccc(SC)c1C(N)=S)C1CCCC1. The predicted molar refractivity (Wildman–Crippen MR) is 89.4 cm³/mol. The Bertz CT molecular complexity index is 453. The lowest BCUT2D eigenvalue weighted by Gasteiger charge is -2.32. The first kappa shape index (κ1) is 14.7. The van der Waals surface area contributed by atoms with E-state index >= 15 is 0 Å². The average Bonchev–Trinajstić information content (AvgIpc) is 2.93. The molecule has 0 saturated heterocycles. The molecule has 0 heterocycles. The maximum absolute atomic E-state index is 5.97. The summed E-state index contributed by atoms with van der Waals surface area (Å²) in [6.45, 7) is 3.23. The van der Waals surface area contributed by atoms with Crippen molar-refractivity contribution < 1.29 is 0 Å². The summed E-state index contributed by atoms with van der Waals surface area (Å²) in [4.78, 5) is 4.18. The van der Waals surface area contributed by atoms with Crippen molar-refractivity contribution in [3.05, 3.63) is 23.8 Å². The summed E-state index contributed by atoms with van der Waals surface area (Å²) in [5, 5.41) is 0. The molecule has 2 nitrogen and oxygen atoms in total. The zero-order valence-electron chi connectivity index (χ0n) is 11.7. The molecule has 1 aliphatic rings. The molecule has 1 fully saturated rings. The summed E-state index contributed by atoms with van der Waals surface area (Å²) >= 11 is 7.00. The van der Waals surface area contributed by atoms with Crippen molar-refractivity contribution in [2.75, 3.05) is 17.7 Å². The smallest absolute Gasteiger partial charge is 0.107 e. The molecule has 0 atom stereocenters. The first-order valence-corrected chi connectivity index (χ1v) is 8.55. The Morgan fingerprint density at radius 3 is 2.63 bits per heavy atom. The van der Waals surface area contributed by atoms with E-state index in [2.05, 4.69) is 36.3 Å². The second-order valence-electron chi connectivity index (χ2n) is 4.94. The van der Waals surface area contributed by atoms with E-state index in [-0.39, 0.29) is 0 Å². The van der Waals surface area contributed by atoms with Gasteiger partial charge < -0.3 is 10.6 Å². The fourth-order valence-electron chi connectivity index (χ4n) is 3.02. The van der Waals surface area contributed by atoms with Gasteiger partial charge in [0.2, 0.25) is 0 Å². The topological polar surface area (TPSA) is 29.3 Å². The molecule has 2 N–H and O–H groups in total. The second kappa shape index (κ2) is 6.62. The lowest BCUT2D eigenvalue weighted by molar-refractivity contribution is 0.619. The van der Waals surface area contributed by atoms with E-state index in [1.165, 1.54) is 36.3 Å². The monoisotopic (exact) mass is 294 g/mol. The van der Waals surface area contributed by atoms with E-state index in [1.54, 1.807) is 11.8 Å². The number of hydrogen-bond donors (Lipinski definition) is 1. The average molecular weight is 294 g/mol. The van der Waals surface area contributed by atoms with Crippen LogP contribution < -0.4 is 10.6 Å². The highest BCUT2D eigenvalue weighted by Gasteiger charge is 2.24. The summed E-state index contributed by atoms with van der Waals surface area (Å²) < 4.78 is 0. The summed E-state index contributed by atoms with van der Waals surface area (Å²) in [5.41, 5.74) is 8.24. The number of benzene rings is 1. The van der Waals surface area contributed by atoms with Gasteiger partial charge in [-0.25, -0.2) is 0 Å². The molecule has 0 aliphatic heterocycles. The van der Waals surface area contributed by atoms with Gasteiger partial charge in [0.15, 0.2) is 0 Å². The van der Waals surface area contributed by atoms with E-state index in [4.69, 9.17) is 18.0 Å². The van der Waals surface area contributed by atoms with Gasteiger partial charge in [0.05, 0.1) is 0 Å². The molecular weight excluding hydrogens is 272 g/mol. The molecule has 0 amide bonds. The van der Waals surface area contributed by atoms with Gasteiger partial charge in [-0.15, -0.1) is 11.8 Å². The second-order valence-corrected chi connectivity index (χ2v) is 6.23. The van der Waals surface area contributed by atoms with Crippen molar-refractivity contribution in [3.8, 4) is 0 Å². The van der Waals surface area contributed by atoms with Crippen LogP contribution >= 0.6 is 24.0 Å². The molecule has 1 aromatic rings. The lowest BCUT2D eigenvalue weighted by atomic mass is 10.1. The summed E-state index contributed by atoms with van der Waals surface area (Å²) in [6, 6.07) is 7.03. The summed E-state index contributed by atoms with van der Waals surface area (Å²) in [7, 11) is 0. The van der Waals surface area contributed by atoms with Crippen molar-refractivity contribution in [1.29, 1.82) is 0 Å². The van der Waals surface area contributed by atoms with Crippen LogP contribution in [0.25, 0.3) is 0 Å². The van der Waals surface area contributed by atoms with E-state index < -0.39 is 0 Å². The van der Waals surface area contributed by atoms with Crippen LogP contribution in [0.1, 0.15) is 38.2 Å². The fourth-order valence-corrected chi connectivity index (χ4v) is 3.93. The van der Waals surface area contributed by atoms with Gasteiger partial charge in [0.25, 0.3) is 0 Å². The van der Waals surface area contributed by atoms with Crippen molar-refractivity contribution in [1.82, 2.24) is 0 Å². The third-order valence-corrected chi connectivity index (χ3v) is 4.87.